The Kier molecular flexibility index (Phi) is 4.76. The molecular weight excluding hydrogens is 297 g/mol. The molecule has 1 fully saturated rings. The highest BCUT2D eigenvalue weighted by molar-refractivity contribution is 9.10. The quantitative estimate of drug-likeness (QED) is 0.918. The Morgan fingerprint density at radius 1 is 1.39 bits per heavy atom. The van der Waals surface area contributed by atoms with Crippen LogP contribution in [0, 0.1) is 11.2 Å². The van der Waals surface area contributed by atoms with Crippen molar-refractivity contribution >= 4 is 15.9 Å². The van der Waals surface area contributed by atoms with Crippen molar-refractivity contribution in [3.05, 3.63) is 34.1 Å². The van der Waals surface area contributed by atoms with Gasteiger partial charge in [-0.1, -0.05) is 22.9 Å². The van der Waals surface area contributed by atoms with Crippen molar-refractivity contribution < 1.29 is 9.13 Å². The van der Waals surface area contributed by atoms with E-state index in [0.717, 1.165) is 42.6 Å². The summed E-state index contributed by atoms with van der Waals surface area (Å²) < 4.78 is 19.5. The van der Waals surface area contributed by atoms with Crippen LogP contribution in [0.25, 0.3) is 0 Å². The summed E-state index contributed by atoms with van der Waals surface area (Å²) in [5.41, 5.74) is 1.27. The number of hydrogen-bond donors (Lipinski definition) is 1. The maximum Gasteiger partial charge on any atom is 0.123 e. The number of nitrogens with one attached hydrogen (secondary N) is 1. The van der Waals surface area contributed by atoms with Gasteiger partial charge in [0, 0.05) is 30.8 Å². The molecule has 0 saturated carbocycles. The van der Waals surface area contributed by atoms with Gasteiger partial charge in [0.15, 0.2) is 0 Å². The summed E-state index contributed by atoms with van der Waals surface area (Å²) >= 11 is 3.44. The van der Waals surface area contributed by atoms with Crippen LogP contribution in [0.2, 0.25) is 0 Å². The highest BCUT2D eigenvalue weighted by atomic mass is 79.9. The van der Waals surface area contributed by atoms with E-state index in [0.29, 0.717) is 12.0 Å². The highest BCUT2D eigenvalue weighted by Crippen LogP contribution is 2.29. The Hall–Kier alpha value is -0.450. The minimum atomic E-state index is -0.188. The molecule has 4 heteroatoms. The monoisotopic (exact) mass is 315 g/mol. The van der Waals surface area contributed by atoms with E-state index in [1.807, 2.05) is 0 Å². The summed E-state index contributed by atoms with van der Waals surface area (Å²) in [6.07, 6.45) is 2.18. The van der Waals surface area contributed by atoms with Crippen LogP contribution >= 0.6 is 15.9 Å². The Morgan fingerprint density at radius 3 is 2.83 bits per heavy atom. The predicted octanol–water partition coefficient (Wildman–Crippen LogP) is 3.49. The van der Waals surface area contributed by atoms with Crippen molar-refractivity contribution in [2.24, 2.45) is 5.41 Å². The minimum absolute atomic E-state index is 0.188. The lowest BCUT2D eigenvalue weighted by atomic mass is 9.82. The third-order valence-electron chi connectivity index (χ3n) is 3.57. The molecule has 0 aliphatic carbocycles. The summed E-state index contributed by atoms with van der Waals surface area (Å²) in [6, 6.07) is 4.79. The molecule has 100 valence electrons. The van der Waals surface area contributed by atoms with Gasteiger partial charge in [0.1, 0.15) is 5.82 Å². The standard InChI is InChI=1S/C14H19BrFNO/c1-14(4-6-18-7-5-14)10-17-9-11-8-12(16)2-3-13(11)15/h2-3,8,17H,4-7,9-10H2,1H3. The molecule has 1 aromatic carbocycles. The molecule has 1 aliphatic heterocycles. The normalized spacial score (nSPS) is 18.8. The Morgan fingerprint density at radius 2 is 2.11 bits per heavy atom. The van der Waals surface area contributed by atoms with Gasteiger partial charge in [-0.15, -0.1) is 0 Å². The zero-order valence-corrected chi connectivity index (χ0v) is 12.2. The van der Waals surface area contributed by atoms with E-state index in [-0.39, 0.29) is 5.82 Å². The number of hydrogen-bond acceptors (Lipinski definition) is 2. The molecule has 1 saturated heterocycles. The van der Waals surface area contributed by atoms with E-state index in [1.54, 1.807) is 12.1 Å². The first kappa shape index (κ1) is 14.0. The zero-order chi connectivity index (χ0) is 13.0. The van der Waals surface area contributed by atoms with Crippen LogP contribution in [0.1, 0.15) is 25.3 Å². The van der Waals surface area contributed by atoms with Gasteiger partial charge in [-0.3, -0.25) is 0 Å². The van der Waals surface area contributed by atoms with Gasteiger partial charge in [-0.2, -0.15) is 0 Å². The third-order valence-corrected chi connectivity index (χ3v) is 4.35. The molecule has 0 bridgehead atoms. The Balaban J connectivity index is 1.86. The van der Waals surface area contributed by atoms with Crippen molar-refractivity contribution in [3.63, 3.8) is 0 Å². The molecular formula is C14H19BrFNO. The Bertz CT molecular complexity index is 405. The van der Waals surface area contributed by atoms with Crippen LogP contribution in [0.3, 0.4) is 0 Å². The van der Waals surface area contributed by atoms with Crippen molar-refractivity contribution in [2.45, 2.75) is 26.3 Å². The minimum Gasteiger partial charge on any atom is -0.381 e. The van der Waals surface area contributed by atoms with Crippen LogP contribution in [-0.2, 0) is 11.3 Å². The second kappa shape index (κ2) is 6.13. The second-order valence-corrected chi connectivity index (χ2v) is 6.12. The van der Waals surface area contributed by atoms with Crippen LogP contribution in [-0.4, -0.2) is 19.8 Å². The lowest BCUT2D eigenvalue weighted by molar-refractivity contribution is 0.0240. The Labute approximate surface area is 116 Å². The van der Waals surface area contributed by atoms with Gasteiger partial charge in [0.2, 0.25) is 0 Å². The molecule has 1 N–H and O–H groups in total. The summed E-state index contributed by atoms with van der Waals surface area (Å²) in [5.74, 6) is -0.188. The van der Waals surface area contributed by atoms with E-state index in [9.17, 15) is 4.39 Å². The van der Waals surface area contributed by atoms with E-state index in [2.05, 4.69) is 28.2 Å². The van der Waals surface area contributed by atoms with Gasteiger partial charge in [0.25, 0.3) is 0 Å². The summed E-state index contributed by atoms with van der Waals surface area (Å²) in [5, 5.41) is 3.43. The lowest BCUT2D eigenvalue weighted by Crippen LogP contribution is -2.36. The molecule has 2 nitrogen and oxygen atoms in total. The maximum absolute atomic E-state index is 13.1. The molecule has 1 heterocycles. The lowest BCUT2D eigenvalue weighted by Gasteiger charge is -2.33. The fourth-order valence-electron chi connectivity index (χ4n) is 2.22. The average Bonchev–Trinajstić information content (AvgIpc) is 2.34. The maximum atomic E-state index is 13.1. The van der Waals surface area contributed by atoms with Crippen LogP contribution < -0.4 is 5.32 Å². The molecule has 2 rings (SSSR count). The van der Waals surface area contributed by atoms with Crippen molar-refractivity contribution in [2.75, 3.05) is 19.8 Å². The molecule has 1 aromatic rings. The molecule has 0 spiro atoms. The second-order valence-electron chi connectivity index (χ2n) is 5.26. The predicted molar refractivity (Wildman–Crippen MR) is 74.0 cm³/mol. The van der Waals surface area contributed by atoms with Crippen molar-refractivity contribution in [3.8, 4) is 0 Å². The first-order chi connectivity index (χ1) is 8.59. The van der Waals surface area contributed by atoms with E-state index in [4.69, 9.17) is 4.74 Å². The zero-order valence-electron chi connectivity index (χ0n) is 10.6. The first-order valence-electron chi connectivity index (χ1n) is 6.31. The average molecular weight is 316 g/mol. The highest BCUT2D eigenvalue weighted by Gasteiger charge is 2.26. The van der Waals surface area contributed by atoms with Crippen LogP contribution in [0.15, 0.2) is 22.7 Å². The van der Waals surface area contributed by atoms with Crippen LogP contribution in [0.5, 0.6) is 0 Å². The summed E-state index contributed by atoms with van der Waals surface area (Å²) in [4.78, 5) is 0. The van der Waals surface area contributed by atoms with Gasteiger partial charge in [-0.05, 0) is 42.0 Å². The topological polar surface area (TPSA) is 21.3 Å². The van der Waals surface area contributed by atoms with Gasteiger partial charge < -0.3 is 10.1 Å². The van der Waals surface area contributed by atoms with Crippen molar-refractivity contribution in [1.29, 1.82) is 0 Å². The van der Waals surface area contributed by atoms with E-state index < -0.39 is 0 Å². The summed E-state index contributed by atoms with van der Waals surface area (Å²) in [6.45, 7) is 5.61. The van der Waals surface area contributed by atoms with Crippen molar-refractivity contribution in [1.82, 2.24) is 5.32 Å². The SMILES string of the molecule is CC1(CNCc2cc(F)ccc2Br)CCOCC1. The number of rotatable bonds is 4. The fourth-order valence-corrected chi connectivity index (χ4v) is 2.61. The number of halogens is 2. The first-order valence-corrected chi connectivity index (χ1v) is 7.11. The van der Waals surface area contributed by atoms with E-state index in [1.165, 1.54) is 6.07 Å². The number of benzene rings is 1. The van der Waals surface area contributed by atoms with Gasteiger partial charge >= 0.3 is 0 Å². The molecule has 0 radical (unpaired) electrons. The smallest absolute Gasteiger partial charge is 0.123 e. The third kappa shape index (κ3) is 3.77. The number of ether oxygens (including phenoxy) is 1. The fraction of sp³-hybridized carbons (Fsp3) is 0.571. The van der Waals surface area contributed by atoms with Crippen LogP contribution in [0.4, 0.5) is 4.39 Å². The molecule has 0 unspecified atom stereocenters. The molecule has 0 amide bonds. The molecule has 1 aliphatic rings. The molecule has 18 heavy (non-hydrogen) atoms. The van der Waals surface area contributed by atoms with Gasteiger partial charge in [0.05, 0.1) is 0 Å². The molecule has 0 aromatic heterocycles. The molecule has 0 atom stereocenters. The van der Waals surface area contributed by atoms with Gasteiger partial charge in [-0.25, -0.2) is 4.39 Å². The summed E-state index contributed by atoms with van der Waals surface area (Å²) in [7, 11) is 0. The largest absolute Gasteiger partial charge is 0.381 e. The van der Waals surface area contributed by atoms with E-state index >= 15 is 0 Å².